The van der Waals surface area contributed by atoms with Crippen molar-refractivity contribution in [3.05, 3.63) is 17.3 Å². The molecule has 0 amide bonds. The van der Waals surface area contributed by atoms with E-state index in [9.17, 15) is 4.79 Å². The van der Waals surface area contributed by atoms with Crippen LogP contribution in [0, 0.1) is 6.92 Å². The zero-order valence-electron chi connectivity index (χ0n) is 9.80. The van der Waals surface area contributed by atoms with Crippen molar-refractivity contribution in [1.82, 2.24) is 4.98 Å². The molecule has 0 radical (unpaired) electrons. The van der Waals surface area contributed by atoms with Crippen molar-refractivity contribution in [3.63, 3.8) is 0 Å². The van der Waals surface area contributed by atoms with Crippen molar-refractivity contribution < 1.29 is 9.21 Å². The maximum absolute atomic E-state index is 11.5. The normalized spacial score (nSPS) is 10.6. The van der Waals surface area contributed by atoms with E-state index in [1.54, 1.807) is 6.92 Å². The molecule has 0 bridgehead atoms. The van der Waals surface area contributed by atoms with Crippen LogP contribution in [-0.2, 0) is 6.42 Å². The van der Waals surface area contributed by atoms with E-state index in [2.05, 4.69) is 11.9 Å². The molecule has 84 valence electrons. The Morgan fingerprint density at radius 3 is 2.67 bits per heavy atom. The zero-order chi connectivity index (χ0) is 11.3. The number of Topliss-reactive ketones (excluding diaryl/α,β-unsaturated/α-hetero) is 1. The van der Waals surface area contributed by atoms with Gasteiger partial charge in [0.2, 0.25) is 0 Å². The fourth-order valence-corrected chi connectivity index (χ4v) is 1.51. The molecule has 1 rings (SSSR count). The van der Waals surface area contributed by atoms with Crippen LogP contribution < -0.4 is 0 Å². The molecular weight excluding hydrogens is 190 g/mol. The number of aromatic nitrogens is 1. The number of rotatable bonds is 6. The first-order valence-corrected chi connectivity index (χ1v) is 5.68. The van der Waals surface area contributed by atoms with Gasteiger partial charge in [0.05, 0.1) is 0 Å². The summed E-state index contributed by atoms with van der Waals surface area (Å²) < 4.78 is 5.45. The zero-order valence-corrected chi connectivity index (χ0v) is 9.80. The van der Waals surface area contributed by atoms with Gasteiger partial charge < -0.3 is 4.42 Å². The molecule has 0 aliphatic rings. The van der Waals surface area contributed by atoms with Gasteiger partial charge in [-0.15, -0.1) is 0 Å². The molecule has 1 aromatic rings. The lowest BCUT2D eigenvalue weighted by atomic mass is 10.2. The number of aryl methyl sites for hydroxylation is 2. The Balaban J connectivity index is 2.64. The van der Waals surface area contributed by atoms with Gasteiger partial charge in [0.15, 0.2) is 11.7 Å². The van der Waals surface area contributed by atoms with Crippen molar-refractivity contribution in [3.8, 4) is 0 Å². The van der Waals surface area contributed by atoms with Gasteiger partial charge in [-0.1, -0.05) is 26.7 Å². The molecule has 0 N–H and O–H groups in total. The smallest absolute Gasteiger partial charge is 0.195 e. The van der Waals surface area contributed by atoms with E-state index in [1.807, 2.05) is 6.92 Å². The monoisotopic (exact) mass is 209 g/mol. The van der Waals surface area contributed by atoms with Crippen molar-refractivity contribution in [2.24, 2.45) is 0 Å². The molecule has 0 aromatic carbocycles. The van der Waals surface area contributed by atoms with Crippen molar-refractivity contribution in [1.29, 1.82) is 0 Å². The third-order valence-electron chi connectivity index (χ3n) is 2.42. The number of unbranched alkanes of at least 4 members (excludes halogenated alkanes) is 2. The van der Waals surface area contributed by atoms with E-state index in [1.165, 1.54) is 12.8 Å². The highest BCUT2D eigenvalue weighted by atomic mass is 16.4. The fourth-order valence-electron chi connectivity index (χ4n) is 1.51. The van der Waals surface area contributed by atoms with E-state index in [0.717, 1.165) is 12.8 Å². The summed E-state index contributed by atoms with van der Waals surface area (Å²) in [5.74, 6) is 1.43. The summed E-state index contributed by atoms with van der Waals surface area (Å²) in [5, 5.41) is 0. The van der Waals surface area contributed by atoms with Crippen molar-refractivity contribution >= 4 is 5.78 Å². The highest BCUT2D eigenvalue weighted by Gasteiger charge is 2.14. The lowest BCUT2D eigenvalue weighted by Gasteiger charge is -1.92. The number of oxazole rings is 1. The Hall–Kier alpha value is -1.12. The lowest BCUT2D eigenvalue weighted by molar-refractivity contribution is 0.0982. The van der Waals surface area contributed by atoms with Crippen LogP contribution in [0.25, 0.3) is 0 Å². The molecule has 0 saturated carbocycles. The average molecular weight is 209 g/mol. The quantitative estimate of drug-likeness (QED) is 0.533. The number of hydrogen-bond donors (Lipinski definition) is 0. The van der Waals surface area contributed by atoms with Gasteiger partial charge >= 0.3 is 0 Å². The Morgan fingerprint density at radius 1 is 1.33 bits per heavy atom. The summed E-state index contributed by atoms with van der Waals surface area (Å²) in [6.45, 7) is 5.80. The maximum Gasteiger partial charge on any atom is 0.195 e. The summed E-state index contributed by atoms with van der Waals surface area (Å²) in [7, 11) is 0. The number of nitrogens with zero attached hydrogens (tertiary/aromatic N) is 1. The molecule has 0 unspecified atom stereocenters. The predicted molar refractivity (Wildman–Crippen MR) is 59.1 cm³/mol. The molecule has 0 fully saturated rings. The molecule has 0 saturated heterocycles. The first-order valence-electron chi connectivity index (χ1n) is 5.68. The molecule has 0 aliphatic carbocycles. The van der Waals surface area contributed by atoms with Crippen LogP contribution in [0.4, 0.5) is 0 Å². The summed E-state index contributed by atoms with van der Waals surface area (Å²) in [6.07, 6.45) is 4.77. The van der Waals surface area contributed by atoms with Crippen molar-refractivity contribution in [2.75, 3.05) is 0 Å². The number of carbonyl (C=O) groups is 1. The Kier molecular flexibility index (Phi) is 4.53. The first kappa shape index (κ1) is 12.0. The van der Waals surface area contributed by atoms with Gasteiger partial charge in [-0.25, -0.2) is 4.98 Å². The van der Waals surface area contributed by atoms with Crippen LogP contribution >= 0.6 is 0 Å². The SMILES string of the molecule is CCCCCc1nc(C(=O)CC)c(C)o1. The molecule has 15 heavy (non-hydrogen) atoms. The number of carbonyl (C=O) groups excluding carboxylic acids is 1. The second-order valence-electron chi connectivity index (χ2n) is 3.75. The third kappa shape index (κ3) is 3.18. The van der Waals surface area contributed by atoms with Crippen molar-refractivity contribution in [2.45, 2.75) is 52.9 Å². The fraction of sp³-hybridized carbons (Fsp3) is 0.667. The molecule has 3 nitrogen and oxygen atoms in total. The highest BCUT2D eigenvalue weighted by Crippen LogP contribution is 2.14. The highest BCUT2D eigenvalue weighted by molar-refractivity contribution is 5.94. The summed E-state index contributed by atoms with van der Waals surface area (Å²) in [5.41, 5.74) is 0.518. The molecule has 1 aromatic heterocycles. The second-order valence-corrected chi connectivity index (χ2v) is 3.75. The first-order chi connectivity index (χ1) is 7.19. The number of ketones is 1. The standard InChI is InChI=1S/C12H19NO2/c1-4-6-7-8-11-13-12(9(3)15-11)10(14)5-2/h4-8H2,1-3H3. The molecular formula is C12H19NO2. The summed E-state index contributed by atoms with van der Waals surface area (Å²) >= 11 is 0. The van der Waals surface area contributed by atoms with Crippen LogP contribution in [-0.4, -0.2) is 10.8 Å². The Labute approximate surface area is 90.9 Å². The Bertz CT molecular complexity index is 328. The minimum atomic E-state index is 0.0676. The average Bonchev–Trinajstić information content (AvgIpc) is 2.59. The van der Waals surface area contributed by atoms with Crippen LogP contribution in [0.15, 0.2) is 4.42 Å². The molecule has 0 aliphatic heterocycles. The van der Waals surface area contributed by atoms with E-state index >= 15 is 0 Å². The van der Waals surface area contributed by atoms with E-state index in [-0.39, 0.29) is 5.78 Å². The number of hydrogen-bond acceptors (Lipinski definition) is 3. The predicted octanol–water partition coefficient (Wildman–Crippen LogP) is 3.31. The summed E-state index contributed by atoms with van der Waals surface area (Å²) in [6, 6.07) is 0. The molecule has 0 atom stereocenters. The van der Waals surface area contributed by atoms with Crippen LogP contribution in [0.5, 0.6) is 0 Å². The van der Waals surface area contributed by atoms with Crippen LogP contribution in [0.1, 0.15) is 61.7 Å². The third-order valence-corrected chi connectivity index (χ3v) is 2.42. The lowest BCUT2D eigenvalue weighted by Crippen LogP contribution is -1.99. The Morgan fingerprint density at radius 2 is 2.07 bits per heavy atom. The minimum absolute atomic E-state index is 0.0676. The summed E-state index contributed by atoms with van der Waals surface area (Å²) in [4.78, 5) is 15.7. The largest absolute Gasteiger partial charge is 0.445 e. The van der Waals surface area contributed by atoms with Gasteiger partial charge in [-0.2, -0.15) is 0 Å². The van der Waals surface area contributed by atoms with E-state index in [4.69, 9.17) is 4.42 Å². The van der Waals surface area contributed by atoms with Crippen LogP contribution in [0.2, 0.25) is 0 Å². The van der Waals surface area contributed by atoms with E-state index < -0.39 is 0 Å². The second kappa shape index (κ2) is 5.69. The van der Waals surface area contributed by atoms with Gasteiger partial charge in [-0.05, 0) is 13.3 Å². The maximum atomic E-state index is 11.5. The van der Waals surface area contributed by atoms with Gasteiger partial charge in [0.1, 0.15) is 11.5 Å². The molecule has 3 heteroatoms. The minimum Gasteiger partial charge on any atom is -0.445 e. The van der Waals surface area contributed by atoms with Gasteiger partial charge in [-0.3, -0.25) is 4.79 Å². The van der Waals surface area contributed by atoms with Crippen LogP contribution in [0.3, 0.4) is 0 Å². The molecule has 1 heterocycles. The van der Waals surface area contributed by atoms with Gasteiger partial charge in [0, 0.05) is 12.8 Å². The van der Waals surface area contributed by atoms with E-state index in [0.29, 0.717) is 23.8 Å². The molecule has 0 spiro atoms. The van der Waals surface area contributed by atoms with Gasteiger partial charge in [0.25, 0.3) is 0 Å². The topological polar surface area (TPSA) is 43.1 Å².